The molecule has 0 bridgehead atoms. The summed E-state index contributed by atoms with van der Waals surface area (Å²) in [6.45, 7) is 0. The zero-order valence-corrected chi connectivity index (χ0v) is 11.4. The number of hydrogen-bond acceptors (Lipinski definition) is 2. The molecule has 0 saturated heterocycles. The summed E-state index contributed by atoms with van der Waals surface area (Å²) in [6.07, 6.45) is 5.19. The number of thiol groups is 1. The van der Waals surface area contributed by atoms with Gasteiger partial charge in [0.1, 0.15) is 0 Å². The molecular weight excluding hydrogens is 244 g/mol. The molecule has 1 aliphatic carbocycles. The van der Waals surface area contributed by atoms with Crippen molar-refractivity contribution in [1.82, 2.24) is 0 Å². The SMILES string of the molecule is SSC1(c2ccc3ccccc3c2)CCCC1. The van der Waals surface area contributed by atoms with Crippen molar-refractivity contribution in [1.29, 1.82) is 0 Å². The highest BCUT2D eigenvalue weighted by atomic mass is 33.1. The highest BCUT2D eigenvalue weighted by Gasteiger charge is 2.35. The van der Waals surface area contributed by atoms with Gasteiger partial charge in [0, 0.05) is 0 Å². The first-order valence-corrected chi connectivity index (χ1v) is 8.03. The molecule has 0 N–H and O–H groups in total. The van der Waals surface area contributed by atoms with Crippen LogP contribution in [-0.4, -0.2) is 0 Å². The normalized spacial score (nSPS) is 18.6. The Bertz CT molecular complexity index is 527. The van der Waals surface area contributed by atoms with Gasteiger partial charge in [-0.05, 0) is 35.2 Å². The minimum absolute atomic E-state index is 0.257. The van der Waals surface area contributed by atoms with Crippen molar-refractivity contribution in [2.24, 2.45) is 0 Å². The molecular formula is C15H16S2. The third-order valence-corrected chi connectivity index (χ3v) is 5.90. The Morgan fingerprint density at radius 2 is 1.65 bits per heavy atom. The standard InChI is InChI=1S/C15H16S2/c16-17-15(9-3-4-10-15)14-8-7-12-5-1-2-6-13(12)11-14/h1-2,5-8,11,16H,3-4,9-10H2. The molecule has 2 heteroatoms. The molecule has 0 radical (unpaired) electrons. The summed E-state index contributed by atoms with van der Waals surface area (Å²) in [5.41, 5.74) is 1.45. The second kappa shape index (κ2) is 4.58. The molecule has 3 rings (SSSR count). The van der Waals surface area contributed by atoms with E-state index < -0.39 is 0 Å². The summed E-state index contributed by atoms with van der Waals surface area (Å²) in [6, 6.07) is 15.5. The highest BCUT2D eigenvalue weighted by molar-refractivity contribution is 8.69. The van der Waals surface area contributed by atoms with Gasteiger partial charge in [-0.25, -0.2) is 0 Å². The van der Waals surface area contributed by atoms with E-state index in [1.54, 1.807) is 10.8 Å². The van der Waals surface area contributed by atoms with Crippen LogP contribution < -0.4 is 0 Å². The first kappa shape index (κ1) is 11.5. The number of fused-ring (bicyclic) bond motifs is 1. The van der Waals surface area contributed by atoms with Gasteiger partial charge in [-0.1, -0.05) is 60.0 Å². The van der Waals surface area contributed by atoms with Crippen LogP contribution in [0.3, 0.4) is 0 Å². The van der Waals surface area contributed by atoms with Gasteiger partial charge in [0.2, 0.25) is 0 Å². The second-order valence-electron chi connectivity index (χ2n) is 4.85. The molecule has 1 fully saturated rings. The molecule has 0 unspecified atom stereocenters. The van der Waals surface area contributed by atoms with Gasteiger partial charge in [-0.15, -0.1) is 11.7 Å². The van der Waals surface area contributed by atoms with Crippen molar-refractivity contribution in [3.63, 3.8) is 0 Å². The molecule has 17 heavy (non-hydrogen) atoms. The largest absolute Gasteiger partial charge is 0.110 e. The van der Waals surface area contributed by atoms with Crippen molar-refractivity contribution < 1.29 is 0 Å². The maximum absolute atomic E-state index is 4.52. The van der Waals surface area contributed by atoms with Gasteiger partial charge in [-0.2, -0.15) is 0 Å². The van der Waals surface area contributed by atoms with E-state index in [0.29, 0.717) is 0 Å². The van der Waals surface area contributed by atoms with E-state index >= 15 is 0 Å². The minimum atomic E-state index is 0.257. The van der Waals surface area contributed by atoms with Crippen molar-refractivity contribution in [2.45, 2.75) is 30.4 Å². The number of hydrogen-bond donors (Lipinski definition) is 1. The summed E-state index contributed by atoms with van der Waals surface area (Å²) >= 11 is 4.52. The Morgan fingerprint density at radius 1 is 0.941 bits per heavy atom. The Labute approximate surface area is 112 Å². The molecule has 0 atom stereocenters. The monoisotopic (exact) mass is 260 g/mol. The highest BCUT2D eigenvalue weighted by Crippen LogP contribution is 2.51. The van der Waals surface area contributed by atoms with Crippen molar-refractivity contribution in [2.75, 3.05) is 0 Å². The fourth-order valence-electron chi connectivity index (χ4n) is 2.85. The molecule has 1 saturated carbocycles. The molecule has 0 aromatic heterocycles. The number of rotatable bonds is 2. The molecule has 0 aliphatic heterocycles. The van der Waals surface area contributed by atoms with Gasteiger partial charge in [0.05, 0.1) is 4.75 Å². The lowest BCUT2D eigenvalue weighted by Crippen LogP contribution is -2.15. The van der Waals surface area contributed by atoms with E-state index in [-0.39, 0.29) is 4.75 Å². The van der Waals surface area contributed by atoms with E-state index in [0.717, 1.165) is 0 Å². The zero-order chi connectivity index (χ0) is 11.7. The van der Waals surface area contributed by atoms with Gasteiger partial charge in [0.15, 0.2) is 0 Å². The minimum Gasteiger partial charge on any atom is -0.110 e. The quantitative estimate of drug-likeness (QED) is 0.573. The molecule has 0 nitrogen and oxygen atoms in total. The zero-order valence-electron chi connectivity index (χ0n) is 9.73. The maximum Gasteiger partial charge on any atom is 0.0509 e. The second-order valence-corrected chi connectivity index (χ2v) is 6.37. The summed E-state index contributed by atoms with van der Waals surface area (Å²) in [7, 11) is 1.74. The van der Waals surface area contributed by atoms with Crippen LogP contribution in [0.1, 0.15) is 31.2 Å². The average Bonchev–Trinajstić information content (AvgIpc) is 2.88. The van der Waals surface area contributed by atoms with E-state index in [2.05, 4.69) is 54.1 Å². The van der Waals surface area contributed by atoms with E-state index in [4.69, 9.17) is 0 Å². The summed E-state index contributed by atoms with van der Waals surface area (Å²) in [4.78, 5) is 0. The fraction of sp³-hybridized carbons (Fsp3) is 0.333. The molecule has 88 valence electrons. The van der Waals surface area contributed by atoms with Gasteiger partial charge >= 0.3 is 0 Å². The van der Waals surface area contributed by atoms with Crippen LogP contribution >= 0.6 is 22.5 Å². The Balaban J connectivity index is 2.10. The lowest BCUT2D eigenvalue weighted by molar-refractivity contribution is 0.658. The number of benzene rings is 2. The van der Waals surface area contributed by atoms with Gasteiger partial charge in [-0.3, -0.25) is 0 Å². The van der Waals surface area contributed by atoms with Crippen molar-refractivity contribution in [3.8, 4) is 0 Å². The summed E-state index contributed by atoms with van der Waals surface area (Å²) in [5.74, 6) is 0. The maximum atomic E-state index is 4.52. The van der Waals surface area contributed by atoms with Gasteiger partial charge < -0.3 is 0 Å². The van der Waals surface area contributed by atoms with Crippen LogP contribution in [0.15, 0.2) is 42.5 Å². The summed E-state index contributed by atoms with van der Waals surface area (Å²) in [5, 5.41) is 2.67. The van der Waals surface area contributed by atoms with Crippen molar-refractivity contribution >= 4 is 33.2 Å². The average molecular weight is 260 g/mol. The van der Waals surface area contributed by atoms with E-state index in [1.165, 1.54) is 42.0 Å². The van der Waals surface area contributed by atoms with Crippen LogP contribution in [0.4, 0.5) is 0 Å². The van der Waals surface area contributed by atoms with E-state index in [1.807, 2.05) is 0 Å². The van der Waals surface area contributed by atoms with Crippen LogP contribution in [0.25, 0.3) is 10.8 Å². The fourth-order valence-corrected chi connectivity index (χ4v) is 4.42. The Hall–Kier alpha value is -0.600. The third kappa shape index (κ3) is 1.98. The van der Waals surface area contributed by atoms with E-state index in [9.17, 15) is 0 Å². The lowest BCUT2D eigenvalue weighted by Gasteiger charge is -2.26. The van der Waals surface area contributed by atoms with Crippen LogP contribution in [0.5, 0.6) is 0 Å². The predicted octanol–water partition coefficient (Wildman–Crippen LogP) is 5.19. The lowest BCUT2D eigenvalue weighted by atomic mass is 9.94. The van der Waals surface area contributed by atoms with Crippen LogP contribution in [0, 0.1) is 0 Å². The smallest absolute Gasteiger partial charge is 0.0509 e. The Morgan fingerprint density at radius 3 is 2.35 bits per heavy atom. The molecule has 0 heterocycles. The van der Waals surface area contributed by atoms with Crippen LogP contribution in [0.2, 0.25) is 0 Å². The van der Waals surface area contributed by atoms with Crippen molar-refractivity contribution in [3.05, 3.63) is 48.0 Å². The van der Waals surface area contributed by atoms with Gasteiger partial charge in [0.25, 0.3) is 0 Å². The molecule has 1 aliphatic rings. The molecule has 0 amide bonds. The molecule has 2 aromatic carbocycles. The first-order valence-electron chi connectivity index (χ1n) is 6.16. The Kier molecular flexibility index (Phi) is 3.10. The third-order valence-electron chi connectivity index (χ3n) is 3.86. The summed E-state index contributed by atoms with van der Waals surface area (Å²) < 4.78 is 0.257. The molecule has 0 spiro atoms. The molecule has 2 aromatic rings. The predicted molar refractivity (Wildman–Crippen MR) is 80.7 cm³/mol. The first-order chi connectivity index (χ1) is 8.34. The van der Waals surface area contributed by atoms with Crippen LogP contribution in [-0.2, 0) is 4.75 Å². The topological polar surface area (TPSA) is 0 Å².